The van der Waals surface area contributed by atoms with Crippen molar-refractivity contribution in [1.82, 2.24) is 5.32 Å². The highest BCUT2D eigenvalue weighted by Gasteiger charge is 2.36. The van der Waals surface area contributed by atoms with Crippen molar-refractivity contribution in [2.45, 2.75) is 20.3 Å². The summed E-state index contributed by atoms with van der Waals surface area (Å²) in [5.41, 5.74) is 1.10. The number of benzene rings is 1. The molecular formula is C13H18N2O2. The number of aryl methyl sites for hydroxylation is 1. The number of carbonyl (C=O) groups excluding carboxylic acids is 1. The maximum Gasteiger partial charge on any atom is 0.231 e. The molecule has 1 heterocycles. The van der Waals surface area contributed by atoms with Crippen LogP contribution in [0.5, 0.6) is 5.75 Å². The number of phenolic OH excluding ortho intramolecular Hbond substituents is 1. The molecule has 3 N–H and O–H groups in total. The van der Waals surface area contributed by atoms with Gasteiger partial charge >= 0.3 is 0 Å². The summed E-state index contributed by atoms with van der Waals surface area (Å²) in [6.45, 7) is 5.36. The van der Waals surface area contributed by atoms with Gasteiger partial charge in [-0.05, 0) is 38.4 Å². The SMILES string of the molecule is Cc1ccc(NC(=O)C2(C)CCNC2)cc1O. The number of anilines is 1. The molecule has 0 bridgehead atoms. The smallest absolute Gasteiger partial charge is 0.231 e. The van der Waals surface area contributed by atoms with Crippen molar-refractivity contribution >= 4 is 11.6 Å². The van der Waals surface area contributed by atoms with E-state index in [0.29, 0.717) is 12.2 Å². The quantitative estimate of drug-likeness (QED) is 0.729. The van der Waals surface area contributed by atoms with Crippen molar-refractivity contribution < 1.29 is 9.90 Å². The fourth-order valence-corrected chi connectivity index (χ4v) is 1.98. The Morgan fingerprint density at radius 2 is 2.29 bits per heavy atom. The monoisotopic (exact) mass is 234 g/mol. The summed E-state index contributed by atoms with van der Waals surface area (Å²) in [6.07, 6.45) is 0.844. The van der Waals surface area contributed by atoms with E-state index in [1.54, 1.807) is 18.2 Å². The van der Waals surface area contributed by atoms with Gasteiger partial charge in [-0.25, -0.2) is 0 Å². The number of aromatic hydroxyl groups is 1. The Morgan fingerprint density at radius 1 is 1.53 bits per heavy atom. The van der Waals surface area contributed by atoms with Crippen molar-refractivity contribution in [2.24, 2.45) is 5.41 Å². The minimum Gasteiger partial charge on any atom is -0.508 e. The van der Waals surface area contributed by atoms with Gasteiger partial charge in [-0.2, -0.15) is 0 Å². The lowest BCUT2D eigenvalue weighted by Crippen LogP contribution is -2.35. The number of rotatable bonds is 2. The van der Waals surface area contributed by atoms with E-state index in [1.165, 1.54) is 0 Å². The summed E-state index contributed by atoms with van der Waals surface area (Å²) in [7, 11) is 0. The molecule has 1 aliphatic rings. The molecule has 1 aromatic rings. The van der Waals surface area contributed by atoms with Gasteiger partial charge in [0.15, 0.2) is 0 Å². The first kappa shape index (κ1) is 11.9. The van der Waals surface area contributed by atoms with Gasteiger partial charge in [0.25, 0.3) is 0 Å². The van der Waals surface area contributed by atoms with Crippen LogP contribution in [0.2, 0.25) is 0 Å². The average Bonchev–Trinajstić information content (AvgIpc) is 2.72. The molecule has 4 nitrogen and oxygen atoms in total. The van der Waals surface area contributed by atoms with E-state index in [1.807, 2.05) is 13.8 Å². The van der Waals surface area contributed by atoms with E-state index in [-0.39, 0.29) is 17.1 Å². The van der Waals surface area contributed by atoms with Gasteiger partial charge in [0.2, 0.25) is 5.91 Å². The van der Waals surface area contributed by atoms with Crippen LogP contribution >= 0.6 is 0 Å². The lowest BCUT2D eigenvalue weighted by atomic mass is 9.88. The van der Waals surface area contributed by atoms with E-state index < -0.39 is 0 Å². The van der Waals surface area contributed by atoms with Gasteiger partial charge in [-0.1, -0.05) is 6.07 Å². The standard InChI is InChI=1S/C13H18N2O2/c1-9-3-4-10(7-11(9)16)15-12(17)13(2)5-6-14-8-13/h3-4,7,14,16H,5-6,8H2,1-2H3,(H,15,17). The maximum absolute atomic E-state index is 12.1. The molecule has 1 atom stereocenters. The van der Waals surface area contributed by atoms with Crippen molar-refractivity contribution in [2.75, 3.05) is 18.4 Å². The molecule has 1 unspecified atom stereocenters. The van der Waals surface area contributed by atoms with Gasteiger partial charge in [0.05, 0.1) is 5.41 Å². The van der Waals surface area contributed by atoms with E-state index in [0.717, 1.165) is 18.5 Å². The number of hydrogen-bond donors (Lipinski definition) is 3. The molecular weight excluding hydrogens is 216 g/mol. The van der Waals surface area contributed by atoms with Crippen LogP contribution in [0.4, 0.5) is 5.69 Å². The summed E-state index contributed by atoms with van der Waals surface area (Å²) in [5, 5.41) is 15.6. The maximum atomic E-state index is 12.1. The molecule has 0 aromatic heterocycles. The summed E-state index contributed by atoms with van der Waals surface area (Å²) < 4.78 is 0. The lowest BCUT2D eigenvalue weighted by molar-refractivity contribution is -0.123. The summed E-state index contributed by atoms with van der Waals surface area (Å²) >= 11 is 0. The molecule has 1 aliphatic heterocycles. The van der Waals surface area contributed by atoms with Gasteiger partial charge < -0.3 is 15.7 Å². The Morgan fingerprint density at radius 3 is 2.88 bits per heavy atom. The zero-order valence-electron chi connectivity index (χ0n) is 10.2. The lowest BCUT2D eigenvalue weighted by Gasteiger charge is -2.21. The van der Waals surface area contributed by atoms with Crippen LogP contribution in [0, 0.1) is 12.3 Å². The summed E-state index contributed by atoms with van der Waals surface area (Å²) in [6, 6.07) is 5.18. The van der Waals surface area contributed by atoms with Crippen LogP contribution in [-0.4, -0.2) is 24.1 Å². The zero-order chi connectivity index (χ0) is 12.5. The molecule has 0 saturated carbocycles. The van der Waals surface area contributed by atoms with Crippen molar-refractivity contribution in [3.8, 4) is 5.75 Å². The van der Waals surface area contributed by atoms with Crippen LogP contribution < -0.4 is 10.6 Å². The zero-order valence-corrected chi connectivity index (χ0v) is 10.2. The number of hydrogen-bond acceptors (Lipinski definition) is 3. The van der Waals surface area contributed by atoms with Gasteiger partial charge in [-0.15, -0.1) is 0 Å². The predicted molar refractivity (Wildman–Crippen MR) is 67.1 cm³/mol. The normalized spacial score (nSPS) is 23.6. The molecule has 0 spiro atoms. The highest BCUT2D eigenvalue weighted by Crippen LogP contribution is 2.27. The van der Waals surface area contributed by atoms with Crippen LogP contribution in [0.15, 0.2) is 18.2 Å². The predicted octanol–water partition coefficient (Wildman–Crippen LogP) is 1.64. The number of nitrogens with one attached hydrogen (secondary N) is 2. The number of carbonyl (C=O) groups is 1. The van der Waals surface area contributed by atoms with Crippen molar-refractivity contribution in [3.63, 3.8) is 0 Å². The van der Waals surface area contributed by atoms with Gasteiger partial charge in [0, 0.05) is 18.3 Å². The second-order valence-corrected chi connectivity index (χ2v) is 4.94. The molecule has 1 aromatic carbocycles. The Balaban J connectivity index is 2.10. The fraction of sp³-hybridized carbons (Fsp3) is 0.462. The highest BCUT2D eigenvalue weighted by atomic mass is 16.3. The molecule has 1 fully saturated rings. The Kier molecular flexibility index (Phi) is 3.07. The average molecular weight is 234 g/mol. The Labute approximate surface area is 101 Å². The fourth-order valence-electron chi connectivity index (χ4n) is 1.98. The van der Waals surface area contributed by atoms with Crippen LogP contribution in [0.3, 0.4) is 0 Å². The highest BCUT2D eigenvalue weighted by molar-refractivity contribution is 5.95. The first-order valence-corrected chi connectivity index (χ1v) is 5.83. The molecule has 4 heteroatoms. The molecule has 2 rings (SSSR count). The first-order chi connectivity index (χ1) is 8.01. The topological polar surface area (TPSA) is 61.4 Å². The third-order valence-electron chi connectivity index (χ3n) is 3.38. The van der Waals surface area contributed by atoms with Crippen LogP contribution in [0.25, 0.3) is 0 Å². The van der Waals surface area contributed by atoms with E-state index in [2.05, 4.69) is 10.6 Å². The molecule has 1 saturated heterocycles. The Hall–Kier alpha value is -1.55. The van der Waals surface area contributed by atoms with Crippen LogP contribution in [0.1, 0.15) is 18.9 Å². The molecule has 0 radical (unpaired) electrons. The summed E-state index contributed by atoms with van der Waals surface area (Å²) in [4.78, 5) is 12.1. The van der Waals surface area contributed by atoms with E-state index in [4.69, 9.17) is 0 Å². The first-order valence-electron chi connectivity index (χ1n) is 5.83. The van der Waals surface area contributed by atoms with Crippen molar-refractivity contribution in [3.05, 3.63) is 23.8 Å². The molecule has 92 valence electrons. The second-order valence-electron chi connectivity index (χ2n) is 4.94. The largest absolute Gasteiger partial charge is 0.508 e. The minimum atomic E-state index is -0.347. The van der Waals surface area contributed by atoms with Gasteiger partial charge in [0.1, 0.15) is 5.75 Å². The second kappa shape index (κ2) is 4.37. The Bertz CT molecular complexity index is 437. The van der Waals surface area contributed by atoms with E-state index >= 15 is 0 Å². The number of amides is 1. The molecule has 1 amide bonds. The third kappa shape index (κ3) is 2.42. The van der Waals surface area contributed by atoms with Crippen LogP contribution in [-0.2, 0) is 4.79 Å². The molecule has 17 heavy (non-hydrogen) atoms. The molecule has 0 aliphatic carbocycles. The third-order valence-corrected chi connectivity index (χ3v) is 3.38. The van der Waals surface area contributed by atoms with Crippen molar-refractivity contribution in [1.29, 1.82) is 0 Å². The van der Waals surface area contributed by atoms with Gasteiger partial charge in [-0.3, -0.25) is 4.79 Å². The minimum absolute atomic E-state index is 0.00533. The summed E-state index contributed by atoms with van der Waals surface area (Å²) in [5.74, 6) is 0.211. The van der Waals surface area contributed by atoms with E-state index in [9.17, 15) is 9.90 Å². The number of phenols is 1.